The zero-order valence-electron chi connectivity index (χ0n) is 15.4. The summed E-state index contributed by atoms with van der Waals surface area (Å²) in [5, 5.41) is 9.12. The van der Waals surface area contributed by atoms with Crippen LogP contribution in [-0.4, -0.2) is 42.8 Å². The predicted molar refractivity (Wildman–Crippen MR) is 91.5 cm³/mol. The molecule has 0 aliphatic heterocycles. The molecule has 0 aliphatic carbocycles. The van der Waals surface area contributed by atoms with Crippen molar-refractivity contribution in [1.29, 1.82) is 0 Å². The monoisotopic (exact) mass is 362 g/mol. The van der Waals surface area contributed by atoms with Crippen LogP contribution in [0, 0.1) is 0 Å². The molecule has 2 aromatic rings. The zero-order chi connectivity index (χ0) is 19.3. The molecule has 0 spiro atoms. The lowest BCUT2D eigenvalue weighted by atomic mass is 10.2. The molecule has 10 nitrogen and oxygen atoms in total. The molecule has 0 aliphatic rings. The molecule has 0 aromatic carbocycles. The van der Waals surface area contributed by atoms with Gasteiger partial charge in [0, 0.05) is 18.3 Å². The Balaban J connectivity index is 2.03. The summed E-state index contributed by atoms with van der Waals surface area (Å²) in [5.74, 6) is 0.384. The summed E-state index contributed by atoms with van der Waals surface area (Å²) in [4.78, 5) is 36.2. The van der Waals surface area contributed by atoms with Crippen molar-refractivity contribution >= 4 is 17.9 Å². The van der Waals surface area contributed by atoms with Gasteiger partial charge in [0.1, 0.15) is 5.60 Å². The van der Waals surface area contributed by atoms with E-state index < -0.39 is 17.7 Å². The molecule has 0 radical (unpaired) electrons. The van der Waals surface area contributed by atoms with Gasteiger partial charge in [-0.15, -0.1) is 0 Å². The van der Waals surface area contributed by atoms with Gasteiger partial charge in [0.15, 0.2) is 29.8 Å². The number of esters is 1. The highest BCUT2D eigenvalue weighted by molar-refractivity contribution is 5.96. The molecule has 2 heterocycles. The lowest BCUT2D eigenvalue weighted by Gasteiger charge is -2.19. The van der Waals surface area contributed by atoms with Crippen LogP contribution < -0.4 is 5.32 Å². The molecule has 0 bridgehead atoms. The quantitative estimate of drug-likeness (QED) is 0.775. The summed E-state index contributed by atoms with van der Waals surface area (Å²) in [5.41, 5.74) is -0.824. The van der Waals surface area contributed by atoms with E-state index >= 15 is 0 Å². The van der Waals surface area contributed by atoms with Gasteiger partial charge < -0.3 is 9.47 Å². The fourth-order valence-electron chi connectivity index (χ4n) is 1.81. The second kappa shape index (κ2) is 7.89. The van der Waals surface area contributed by atoms with Crippen molar-refractivity contribution in [3.8, 4) is 0 Å². The van der Waals surface area contributed by atoms with Gasteiger partial charge in [-0.3, -0.25) is 10.4 Å². The van der Waals surface area contributed by atoms with E-state index in [1.54, 1.807) is 20.8 Å². The van der Waals surface area contributed by atoms with Crippen molar-refractivity contribution in [1.82, 2.24) is 25.1 Å². The molecule has 2 rings (SSSR count). The highest BCUT2D eigenvalue weighted by Gasteiger charge is 2.22. The Bertz CT molecular complexity index is 781. The minimum Gasteiger partial charge on any atom is -0.453 e. The van der Waals surface area contributed by atoms with Crippen molar-refractivity contribution in [2.45, 2.75) is 52.7 Å². The summed E-state index contributed by atoms with van der Waals surface area (Å²) in [6.45, 7) is 8.96. The third-order valence-corrected chi connectivity index (χ3v) is 2.92. The molecule has 1 amide bonds. The molecule has 0 saturated heterocycles. The van der Waals surface area contributed by atoms with Crippen LogP contribution in [0.1, 0.15) is 62.7 Å². The molecule has 2 N–H and O–H groups in total. The van der Waals surface area contributed by atoms with Crippen LogP contribution >= 0.6 is 0 Å². The number of carbonyl (C=O) groups is 2. The van der Waals surface area contributed by atoms with Crippen molar-refractivity contribution in [3.05, 3.63) is 29.7 Å². The first-order valence-electron chi connectivity index (χ1n) is 8.05. The molecule has 10 heteroatoms. The van der Waals surface area contributed by atoms with Gasteiger partial charge >= 0.3 is 12.1 Å². The Kier molecular flexibility index (Phi) is 5.86. The smallest absolute Gasteiger partial charge is 0.413 e. The second-order valence-electron chi connectivity index (χ2n) is 6.75. The molecule has 2 aromatic heterocycles. The number of rotatable bonds is 5. The fourth-order valence-corrected chi connectivity index (χ4v) is 1.81. The predicted octanol–water partition coefficient (Wildman–Crippen LogP) is 2.42. The maximum atomic E-state index is 12.3. The number of aromatic amines is 1. The van der Waals surface area contributed by atoms with Gasteiger partial charge in [-0.2, -0.15) is 5.10 Å². The Morgan fingerprint density at radius 3 is 2.54 bits per heavy atom. The number of nitrogens with zero attached hydrogens (tertiary/aromatic N) is 4. The first-order valence-corrected chi connectivity index (χ1v) is 8.05. The summed E-state index contributed by atoms with van der Waals surface area (Å²) in [7, 11) is 0. The number of anilines is 1. The third-order valence-electron chi connectivity index (χ3n) is 2.92. The Labute approximate surface area is 150 Å². The van der Waals surface area contributed by atoms with E-state index in [1.165, 1.54) is 12.4 Å². The highest BCUT2D eigenvalue weighted by Crippen LogP contribution is 2.14. The summed E-state index contributed by atoms with van der Waals surface area (Å²) in [6, 6.07) is 0. The number of hydrogen-bond acceptors (Lipinski definition) is 8. The van der Waals surface area contributed by atoms with Crippen molar-refractivity contribution in [2.75, 3.05) is 5.32 Å². The second-order valence-corrected chi connectivity index (χ2v) is 6.75. The van der Waals surface area contributed by atoms with Gasteiger partial charge in [-0.25, -0.2) is 24.5 Å². The average molecular weight is 362 g/mol. The Hall–Kier alpha value is -3.04. The molecular weight excluding hydrogens is 340 g/mol. The van der Waals surface area contributed by atoms with E-state index in [9.17, 15) is 9.59 Å². The maximum Gasteiger partial charge on any atom is 0.413 e. The van der Waals surface area contributed by atoms with Gasteiger partial charge in [0.2, 0.25) is 0 Å². The molecule has 26 heavy (non-hydrogen) atoms. The van der Waals surface area contributed by atoms with Crippen LogP contribution in [0.2, 0.25) is 0 Å². The lowest BCUT2D eigenvalue weighted by molar-refractivity contribution is 0.0456. The largest absolute Gasteiger partial charge is 0.453 e. The van der Waals surface area contributed by atoms with Crippen molar-refractivity contribution in [3.63, 3.8) is 0 Å². The number of aromatic nitrogens is 5. The summed E-state index contributed by atoms with van der Waals surface area (Å²) in [6.07, 6.45) is 1.92. The van der Waals surface area contributed by atoms with Gasteiger partial charge in [-0.1, -0.05) is 13.8 Å². The van der Waals surface area contributed by atoms with E-state index in [2.05, 4.69) is 30.5 Å². The lowest BCUT2D eigenvalue weighted by Crippen LogP contribution is -2.28. The summed E-state index contributed by atoms with van der Waals surface area (Å²) < 4.78 is 10.3. The maximum absolute atomic E-state index is 12.3. The molecule has 0 saturated carbocycles. The van der Waals surface area contributed by atoms with E-state index in [0.29, 0.717) is 11.6 Å². The standard InChI is InChI=1S/C16H22N6O4/c1-9(2)12-19-10(21-22-12)8-25-14(23)11-13(18-7-6-17-11)20-15(24)26-16(3,4)5/h6-7,9H,8H2,1-5H3,(H,18,20,24)(H,19,21,22). The number of carbonyl (C=O) groups excluding carboxylic acids is 2. The molecule has 0 atom stereocenters. The number of hydrogen-bond donors (Lipinski definition) is 2. The van der Waals surface area contributed by atoms with Crippen molar-refractivity contribution in [2.24, 2.45) is 0 Å². The van der Waals surface area contributed by atoms with Gasteiger partial charge in [-0.05, 0) is 20.8 Å². The first-order chi connectivity index (χ1) is 12.2. The first kappa shape index (κ1) is 19.3. The molecule has 0 unspecified atom stereocenters. The normalized spacial score (nSPS) is 11.3. The number of ether oxygens (including phenoxy) is 2. The molecule has 140 valence electrons. The zero-order valence-corrected chi connectivity index (χ0v) is 15.4. The number of nitrogens with one attached hydrogen (secondary N) is 2. The SMILES string of the molecule is CC(C)c1n[nH]c(COC(=O)c2nccnc2NC(=O)OC(C)(C)C)n1. The Morgan fingerprint density at radius 2 is 1.92 bits per heavy atom. The van der Waals surface area contributed by atoms with Crippen LogP contribution in [0.5, 0.6) is 0 Å². The van der Waals surface area contributed by atoms with E-state index in [-0.39, 0.29) is 24.0 Å². The van der Waals surface area contributed by atoms with E-state index in [0.717, 1.165) is 0 Å². The van der Waals surface area contributed by atoms with Crippen LogP contribution in [0.15, 0.2) is 12.4 Å². The topological polar surface area (TPSA) is 132 Å². The third kappa shape index (κ3) is 5.50. The van der Waals surface area contributed by atoms with Crippen LogP contribution in [0.25, 0.3) is 0 Å². The van der Waals surface area contributed by atoms with Gasteiger partial charge in [0.25, 0.3) is 0 Å². The van der Waals surface area contributed by atoms with E-state index in [4.69, 9.17) is 9.47 Å². The molecular formula is C16H22N6O4. The minimum atomic E-state index is -0.758. The van der Waals surface area contributed by atoms with Gasteiger partial charge in [0.05, 0.1) is 0 Å². The average Bonchev–Trinajstić information content (AvgIpc) is 3.00. The van der Waals surface area contributed by atoms with E-state index in [1.807, 2.05) is 13.8 Å². The van der Waals surface area contributed by atoms with Crippen LogP contribution in [0.4, 0.5) is 10.6 Å². The highest BCUT2D eigenvalue weighted by atomic mass is 16.6. The van der Waals surface area contributed by atoms with Crippen LogP contribution in [0.3, 0.4) is 0 Å². The molecule has 0 fully saturated rings. The Morgan fingerprint density at radius 1 is 1.23 bits per heavy atom. The fraction of sp³-hybridized carbons (Fsp3) is 0.500. The van der Waals surface area contributed by atoms with Crippen LogP contribution in [-0.2, 0) is 16.1 Å². The minimum absolute atomic E-state index is 0.0489. The number of H-pyrrole nitrogens is 1. The number of amides is 1. The summed E-state index contributed by atoms with van der Waals surface area (Å²) >= 11 is 0. The van der Waals surface area contributed by atoms with Crippen molar-refractivity contribution < 1.29 is 19.1 Å².